The fourth-order valence-electron chi connectivity index (χ4n) is 3.30. The van der Waals surface area contributed by atoms with E-state index in [9.17, 15) is 31.2 Å². The Morgan fingerprint density at radius 2 is 1.86 bits per heavy atom. The number of sulfone groups is 1. The lowest BCUT2D eigenvalue weighted by Gasteiger charge is -2.32. The van der Waals surface area contributed by atoms with Crippen molar-refractivity contribution in [1.82, 2.24) is 4.90 Å². The van der Waals surface area contributed by atoms with Crippen LogP contribution in [0.2, 0.25) is 0 Å². The summed E-state index contributed by atoms with van der Waals surface area (Å²) in [6, 6.07) is 2.56. The van der Waals surface area contributed by atoms with Gasteiger partial charge in [-0.15, -0.1) is 0 Å². The maximum Gasteiger partial charge on any atom is 0.501 e. The number of carbonyl (C=O) groups excluding carboxylic acids is 2. The predicted molar refractivity (Wildman–Crippen MR) is 96.9 cm³/mol. The van der Waals surface area contributed by atoms with Crippen LogP contribution in [0.4, 0.5) is 18.9 Å². The molecule has 0 aromatic heterocycles. The summed E-state index contributed by atoms with van der Waals surface area (Å²) < 4.78 is 66.8. The highest BCUT2D eigenvalue weighted by molar-refractivity contribution is 7.92. The van der Waals surface area contributed by atoms with Gasteiger partial charge in [-0.3, -0.25) is 9.59 Å². The number of piperidine rings is 1. The summed E-state index contributed by atoms with van der Waals surface area (Å²) >= 11 is 0. The van der Waals surface area contributed by atoms with Crippen molar-refractivity contribution in [3.05, 3.63) is 18.2 Å². The van der Waals surface area contributed by atoms with Crippen LogP contribution in [0.1, 0.15) is 25.7 Å². The van der Waals surface area contributed by atoms with E-state index in [-0.39, 0.29) is 29.8 Å². The molecular weight excluding hydrogens is 413 g/mol. The number of likely N-dealkylation sites (tertiary alicyclic amines) is 1. The monoisotopic (exact) mass is 434 g/mol. The van der Waals surface area contributed by atoms with Crippen molar-refractivity contribution < 1.29 is 35.9 Å². The number of rotatable bonds is 5. The Kier molecular flexibility index (Phi) is 5.79. The number of halogens is 3. The molecule has 1 saturated heterocycles. The number of benzene rings is 1. The van der Waals surface area contributed by atoms with Crippen molar-refractivity contribution in [1.29, 1.82) is 0 Å². The number of methoxy groups -OCH3 is 1. The van der Waals surface area contributed by atoms with Gasteiger partial charge in [0.25, 0.3) is 9.84 Å². The topological polar surface area (TPSA) is 92.8 Å². The summed E-state index contributed by atoms with van der Waals surface area (Å²) in [5.74, 6) is -0.960. The number of nitrogens with one attached hydrogen (secondary N) is 1. The first-order chi connectivity index (χ1) is 13.5. The third kappa shape index (κ3) is 4.49. The summed E-state index contributed by atoms with van der Waals surface area (Å²) in [7, 11) is -4.32. The van der Waals surface area contributed by atoms with Gasteiger partial charge in [0, 0.05) is 19.0 Å². The van der Waals surface area contributed by atoms with Crippen molar-refractivity contribution in [2.45, 2.75) is 36.1 Å². The minimum atomic E-state index is -5.57. The lowest BCUT2D eigenvalue weighted by atomic mass is 9.96. The molecular formula is C18H21F3N2O5S. The molecule has 1 heterocycles. The molecule has 2 fully saturated rings. The van der Waals surface area contributed by atoms with Crippen LogP contribution in [-0.2, 0) is 19.4 Å². The molecule has 0 bridgehead atoms. The minimum absolute atomic E-state index is 0.0262. The molecule has 3 rings (SSSR count). The zero-order chi connectivity index (χ0) is 21.4. The van der Waals surface area contributed by atoms with Crippen molar-refractivity contribution in [2.75, 3.05) is 25.5 Å². The summed E-state index contributed by atoms with van der Waals surface area (Å²) in [5, 5.41) is 2.47. The van der Waals surface area contributed by atoms with Gasteiger partial charge in [0.2, 0.25) is 11.8 Å². The number of nitrogens with zero attached hydrogens (tertiary/aromatic N) is 1. The van der Waals surface area contributed by atoms with E-state index in [1.165, 1.54) is 7.11 Å². The molecule has 7 nitrogen and oxygen atoms in total. The molecule has 0 radical (unpaired) electrons. The third-order valence-corrected chi connectivity index (χ3v) is 6.56. The number of amides is 2. The number of alkyl halides is 3. The van der Waals surface area contributed by atoms with Crippen LogP contribution in [0.3, 0.4) is 0 Å². The standard InChI is InChI=1S/C18H21F3N2O5S/c1-28-15-7-6-13(29(26,27)18(19,20)21)9-14(15)22-16(24)12-3-2-8-23(10-12)17(25)11-4-5-11/h6-7,9,11-12H,2-5,8,10H2,1H3,(H,22,24). The zero-order valence-corrected chi connectivity index (χ0v) is 16.5. The van der Waals surface area contributed by atoms with Crippen molar-refractivity contribution in [3.8, 4) is 5.75 Å². The Morgan fingerprint density at radius 3 is 2.45 bits per heavy atom. The van der Waals surface area contributed by atoms with E-state index in [0.29, 0.717) is 19.4 Å². The van der Waals surface area contributed by atoms with E-state index >= 15 is 0 Å². The summed E-state index contributed by atoms with van der Waals surface area (Å²) in [4.78, 5) is 25.6. The van der Waals surface area contributed by atoms with Crippen molar-refractivity contribution in [2.24, 2.45) is 11.8 Å². The third-order valence-electron chi connectivity index (χ3n) is 5.07. The number of hydrogen-bond donors (Lipinski definition) is 1. The molecule has 1 aliphatic carbocycles. The van der Waals surface area contributed by atoms with E-state index in [4.69, 9.17) is 4.74 Å². The second kappa shape index (κ2) is 7.85. The van der Waals surface area contributed by atoms with Gasteiger partial charge in [0.15, 0.2) is 0 Å². The second-order valence-corrected chi connectivity index (χ2v) is 9.14. The lowest BCUT2D eigenvalue weighted by molar-refractivity contribution is -0.135. The Labute approximate surface area is 166 Å². The number of anilines is 1. The highest BCUT2D eigenvalue weighted by Crippen LogP contribution is 2.36. The van der Waals surface area contributed by atoms with E-state index in [1.807, 2.05) is 0 Å². The average molecular weight is 434 g/mol. The van der Waals surface area contributed by atoms with Crippen LogP contribution in [0, 0.1) is 11.8 Å². The van der Waals surface area contributed by atoms with Gasteiger partial charge in [-0.05, 0) is 43.9 Å². The Balaban J connectivity index is 1.78. The first-order valence-electron chi connectivity index (χ1n) is 9.13. The van der Waals surface area contributed by atoms with E-state index in [1.54, 1.807) is 4.90 Å². The maximum absolute atomic E-state index is 12.8. The number of carbonyl (C=O) groups is 2. The van der Waals surface area contributed by atoms with Crippen LogP contribution in [0.25, 0.3) is 0 Å². The number of ether oxygens (including phenoxy) is 1. The summed E-state index contributed by atoms with van der Waals surface area (Å²) in [6.45, 7) is 0.797. The predicted octanol–water partition coefficient (Wildman–Crippen LogP) is 2.58. The Morgan fingerprint density at radius 1 is 1.17 bits per heavy atom. The molecule has 1 saturated carbocycles. The average Bonchev–Trinajstić information content (AvgIpc) is 3.51. The van der Waals surface area contributed by atoms with E-state index in [2.05, 4.69) is 5.32 Å². The molecule has 1 atom stereocenters. The first-order valence-corrected chi connectivity index (χ1v) is 10.6. The maximum atomic E-state index is 12.8. The van der Waals surface area contributed by atoms with Gasteiger partial charge in [-0.25, -0.2) is 8.42 Å². The van der Waals surface area contributed by atoms with Crippen LogP contribution < -0.4 is 10.1 Å². The highest BCUT2D eigenvalue weighted by atomic mass is 32.2. The molecule has 11 heteroatoms. The van der Waals surface area contributed by atoms with Gasteiger partial charge < -0.3 is 15.0 Å². The van der Waals surface area contributed by atoms with Crippen molar-refractivity contribution in [3.63, 3.8) is 0 Å². The molecule has 160 valence electrons. The zero-order valence-electron chi connectivity index (χ0n) is 15.7. The minimum Gasteiger partial charge on any atom is -0.495 e. The van der Waals surface area contributed by atoms with Crippen LogP contribution in [-0.4, -0.2) is 50.8 Å². The second-order valence-electron chi connectivity index (χ2n) is 7.20. The van der Waals surface area contributed by atoms with Gasteiger partial charge in [-0.2, -0.15) is 13.2 Å². The largest absolute Gasteiger partial charge is 0.501 e. The summed E-state index contributed by atoms with van der Waals surface area (Å²) in [5.41, 5.74) is -5.64. The SMILES string of the molecule is COc1ccc(S(=O)(=O)C(F)(F)F)cc1NC(=O)C1CCCN(C(=O)C2CC2)C1. The van der Waals surface area contributed by atoms with Gasteiger partial charge >= 0.3 is 5.51 Å². The van der Waals surface area contributed by atoms with E-state index < -0.39 is 32.1 Å². The fraction of sp³-hybridized carbons (Fsp3) is 0.556. The van der Waals surface area contributed by atoms with E-state index in [0.717, 1.165) is 31.0 Å². The van der Waals surface area contributed by atoms with Gasteiger partial charge in [-0.1, -0.05) is 0 Å². The van der Waals surface area contributed by atoms with Gasteiger partial charge in [0.1, 0.15) is 5.75 Å². The quantitative estimate of drug-likeness (QED) is 0.769. The molecule has 29 heavy (non-hydrogen) atoms. The normalized spacial score (nSPS) is 20.3. The Bertz CT molecular complexity index is 913. The first kappa shape index (κ1) is 21.4. The molecule has 1 aliphatic heterocycles. The molecule has 1 aromatic rings. The van der Waals surface area contributed by atoms with Crippen molar-refractivity contribution >= 4 is 27.3 Å². The highest BCUT2D eigenvalue weighted by Gasteiger charge is 2.47. The smallest absolute Gasteiger partial charge is 0.495 e. The molecule has 2 amide bonds. The van der Waals surface area contributed by atoms with Crippen LogP contribution in [0.15, 0.2) is 23.1 Å². The molecule has 1 unspecified atom stereocenters. The molecule has 1 aromatic carbocycles. The van der Waals surface area contributed by atoms with Gasteiger partial charge in [0.05, 0.1) is 23.6 Å². The molecule has 1 N–H and O–H groups in total. The number of hydrogen-bond acceptors (Lipinski definition) is 5. The summed E-state index contributed by atoms with van der Waals surface area (Å²) in [6.07, 6.45) is 2.85. The Hall–Kier alpha value is -2.30. The lowest BCUT2D eigenvalue weighted by Crippen LogP contribution is -2.44. The molecule has 2 aliphatic rings. The fourth-order valence-corrected chi connectivity index (χ4v) is 4.09. The molecule has 0 spiro atoms. The van der Waals surface area contributed by atoms with Crippen LogP contribution >= 0.6 is 0 Å². The van der Waals surface area contributed by atoms with Crippen LogP contribution in [0.5, 0.6) is 5.75 Å².